The van der Waals surface area contributed by atoms with Gasteiger partial charge in [-0.1, -0.05) is 24.3 Å². The summed E-state index contributed by atoms with van der Waals surface area (Å²) in [4.78, 5) is 31.1. The lowest BCUT2D eigenvalue weighted by Gasteiger charge is -2.18. The quantitative estimate of drug-likeness (QED) is 0.667. The summed E-state index contributed by atoms with van der Waals surface area (Å²) in [6.45, 7) is 2.65. The molecule has 1 amide bonds. The van der Waals surface area contributed by atoms with Crippen molar-refractivity contribution in [2.45, 2.75) is 19.2 Å². The fraction of sp³-hybridized carbons (Fsp3) is 0.278. The Kier molecular flexibility index (Phi) is 5.55. The van der Waals surface area contributed by atoms with Crippen molar-refractivity contribution in [1.29, 1.82) is 0 Å². The fourth-order valence-electron chi connectivity index (χ4n) is 2.45. The van der Waals surface area contributed by atoms with E-state index in [1.54, 1.807) is 11.1 Å². The molecule has 0 saturated heterocycles. The van der Waals surface area contributed by atoms with Crippen molar-refractivity contribution >= 4 is 34.0 Å². The lowest BCUT2D eigenvalue weighted by molar-refractivity contribution is -0.127. The minimum atomic E-state index is -0.0788. The van der Waals surface area contributed by atoms with Crippen LogP contribution in [-0.2, 0) is 17.1 Å². The van der Waals surface area contributed by atoms with Crippen LogP contribution < -0.4 is 5.56 Å². The van der Waals surface area contributed by atoms with Crippen LogP contribution >= 0.6 is 23.1 Å². The number of benzene rings is 1. The first kappa shape index (κ1) is 17.7. The Morgan fingerprint density at radius 3 is 2.96 bits per heavy atom. The van der Waals surface area contributed by atoms with Gasteiger partial charge in [0.1, 0.15) is 0 Å². The standard InChI is InChI=1S/C18H19N3O2S2/c1-13-5-3-4-6-14(13)10-20(2)17(23)12-24-11-15-9-16(22)21-7-8-25-18(21)19-15/h3-9H,10-12H2,1-2H3. The maximum absolute atomic E-state index is 12.3. The summed E-state index contributed by atoms with van der Waals surface area (Å²) in [7, 11) is 1.82. The second kappa shape index (κ2) is 7.84. The number of amides is 1. The van der Waals surface area contributed by atoms with Crippen molar-refractivity contribution in [3.63, 3.8) is 0 Å². The van der Waals surface area contributed by atoms with Crippen LogP contribution in [0.25, 0.3) is 4.96 Å². The van der Waals surface area contributed by atoms with Gasteiger partial charge in [0.2, 0.25) is 5.91 Å². The highest BCUT2D eigenvalue weighted by molar-refractivity contribution is 7.99. The van der Waals surface area contributed by atoms with Crippen molar-refractivity contribution in [3.8, 4) is 0 Å². The molecule has 0 bridgehead atoms. The Morgan fingerprint density at radius 2 is 2.16 bits per heavy atom. The average molecular weight is 374 g/mol. The Morgan fingerprint density at radius 1 is 1.36 bits per heavy atom. The van der Waals surface area contributed by atoms with Gasteiger partial charge < -0.3 is 4.90 Å². The van der Waals surface area contributed by atoms with E-state index in [0.717, 1.165) is 5.56 Å². The number of hydrogen-bond donors (Lipinski definition) is 0. The van der Waals surface area contributed by atoms with Gasteiger partial charge in [0.05, 0.1) is 11.4 Å². The molecule has 1 aromatic carbocycles. The van der Waals surface area contributed by atoms with Crippen molar-refractivity contribution in [2.24, 2.45) is 0 Å². The van der Waals surface area contributed by atoms with Crippen LogP contribution in [0.4, 0.5) is 0 Å². The van der Waals surface area contributed by atoms with Crippen LogP contribution in [0.3, 0.4) is 0 Å². The number of carbonyl (C=O) groups is 1. The molecule has 3 rings (SSSR count). The van der Waals surface area contributed by atoms with E-state index in [9.17, 15) is 9.59 Å². The van der Waals surface area contributed by atoms with Gasteiger partial charge >= 0.3 is 0 Å². The zero-order chi connectivity index (χ0) is 17.8. The predicted molar refractivity (Wildman–Crippen MR) is 103 cm³/mol. The molecule has 130 valence electrons. The molecule has 25 heavy (non-hydrogen) atoms. The number of aryl methyl sites for hydroxylation is 1. The zero-order valence-electron chi connectivity index (χ0n) is 14.1. The molecule has 0 unspecified atom stereocenters. The minimum absolute atomic E-state index is 0.0715. The molecule has 0 fully saturated rings. The summed E-state index contributed by atoms with van der Waals surface area (Å²) >= 11 is 2.91. The van der Waals surface area contributed by atoms with E-state index in [0.29, 0.717) is 28.7 Å². The fourth-order valence-corrected chi connectivity index (χ4v) is 4.04. The summed E-state index contributed by atoms with van der Waals surface area (Å²) in [5.74, 6) is 0.990. The van der Waals surface area contributed by atoms with E-state index in [-0.39, 0.29) is 11.5 Å². The number of fused-ring (bicyclic) bond motifs is 1. The first-order valence-corrected chi connectivity index (χ1v) is 9.90. The first-order valence-electron chi connectivity index (χ1n) is 7.86. The van der Waals surface area contributed by atoms with Crippen molar-refractivity contribution in [3.05, 3.63) is 69.1 Å². The van der Waals surface area contributed by atoms with Crippen LogP contribution in [0.2, 0.25) is 0 Å². The van der Waals surface area contributed by atoms with Gasteiger partial charge in [-0.05, 0) is 18.1 Å². The van der Waals surface area contributed by atoms with E-state index < -0.39 is 0 Å². The molecule has 0 aliphatic rings. The highest BCUT2D eigenvalue weighted by atomic mass is 32.2. The minimum Gasteiger partial charge on any atom is -0.341 e. The molecule has 5 nitrogen and oxygen atoms in total. The predicted octanol–water partition coefficient (Wildman–Crippen LogP) is 2.96. The van der Waals surface area contributed by atoms with Crippen LogP contribution in [0, 0.1) is 6.92 Å². The molecule has 0 spiro atoms. The van der Waals surface area contributed by atoms with Gasteiger partial charge in [-0.3, -0.25) is 14.0 Å². The lowest BCUT2D eigenvalue weighted by atomic mass is 10.1. The maximum Gasteiger partial charge on any atom is 0.258 e. The molecule has 0 saturated carbocycles. The van der Waals surface area contributed by atoms with Gasteiger partial charge in [0, 0.05) is 37.0 Å². The third kappa shape index (κ3) is 4.29. The Bertz CT molecular complexity index is 949. The summed E-state index contributed by atoms with van der Waals surface area (Å²) < 4.78 is 1.53. The molecule has 0 N–H and O–H groups in total. The first-order chi connectivity index (χ1) is 12.0. The molecule has 0 atom stereocenters. The SMILES string of the molecule is Cc1ccccc1CN(C)C(=O)CSCc1cc(=O)n2ccsc2n1. The second-order valence-electron chi connectivity index (χ2n) is 5.81. The van der Waals surface area contributed by atoms with Crippen molar-refractivity contribution in [1.82, 2.24) is 14.3 Å². The topological polar surface area (TPSA) is 54.7 Å². The molecule has 3 aromatic rings. The van der Waals surface area contributed by atoms with E-state index in [1.807, 2.05) is 43.6 Å². The second-order valence-corrected chi connectivity index (χ2v) is 7.67. The maximum atomic E-state index is 12.3. The number of carbonyl (C=O) groups excluding carboxylic acids is 1. The number of thioether (sulfide) groups is 1. The molecule has 7 heteroatoms. The number of nitrogens with zero attached hydrogens (tertiary/aromatic N) is 3. The van der Waals surface area contributed by atoms with E-state index in [2.05, 4.69) is 4.98 Å². The molecule has 2 heterocycles. The van der Waals surface area contributed by atoms with Gasteiger partial charge in [-0.25, -0.2) is 4.98 Å². The smallest absolute Gasteiger partial charge is 0.258 e. The number of aromatic nitrogens is 2. The summed E-state index contributed by atoms with van der Waals surface area (Å²) in [5, 5.41) is 1.84. The molecular weight excluding hydrogens is 354 g/mol. The average Bonchev–Trinajstić information content (AvgIpc) is 3.06. The largest absolute Gasteiger partial charge is 0.341 e. The molecule has 0 aliphatic heterocycles. The number of hydrogen-bond acceptors (Lipinski definition) is 5. The Labute approximate surface area is 154 Å². The third-order valence-electron chi connectivity index (χ3n) is 3.93. The summed E-state index contributed by atoms with van der Waals surface area (Å²) in [6, 6.07) is 9.61. The normalized spacial score (nSPS) is 11.0. The number of thiazole rings is 1. The Balaban J connectivity index is 1.54. The van der Waals surface area contributed by atoms with E-state index in [4.69, 9.17) is 0 Å². The Hall–Kier alpha value is -2.12. The molecule has 0 radical (unpaired) electrons. The summed E-state index contributed by atoms with van der Waals surface area (Å²) in [6.07, 6.45) is 1.72. The third-order valence-corrected chi connectivity index (χ3v) is 5.63. The lowest BCUT2D eigenvalue weighted by Crippen LogP contribution is -2.28. The molecule has 2 aromatic heterocycles. The highest BCUT2D eigenvalue weighted by Gasteiger charge is 2.11. The summed E-state index contributed by atoms with van der Waals surface area (Å²) in [5.41, 5.74) is 2.97. The van der Waals surface area contributed by atoms with E-state index >= 15 is 0 Å². The van der Waals surface area contributed by atoms with Crippen LogP contribution in [0.1, 0.15) is 16.8 Å². The van der Waals surface area contributed by atoms with Crippen LogP contribution in [0.15, 0.2) is 46.7 Å². The van der Waals surface area contributed by atoms with E-state index in [1.165, 1.54) is 39.1 Å². The van der Waals surface area contributed by atoms with Gasteiger partial charge in [-0.2, -0.15) is 0 Å². The van der Waals surface area contributed by atoms with Crippen LogP contribution in [-0.4, -0.2) is 33.0 Å². The number of rotatable bonds is 6. The van der Waals surface area contributed by atoms with Gasteiger partial charge in [-0.15, -0.1) is 23.1 Å². The van der Waals surface area contributed by atoms with Crippen molar-refractivity contribution < 1.29 is 4.79 Å². The van der Waals surface area contributed by atoms with Gasteiger partial charge in [0.25, 0.3) is 5.56 Å². The van der Waals surface area contributed by atoms with Crippen LogP contribution in [0.5, 0.6) is 0 Å². The van der Waals surface area contributed by atoms with Gasteiger partial charge in [0.15, 0.2) is 4.96 Å². The highest BCUT2D eigenvalue weighted by Crippen LogP contribution is 2.14. The zero-order valence-corrected chi connectivity index (χ0v) is 15.8. The molecular formula is C18H19N3O2S2. The van der Waals surface area contributed by atoms with Crippen molar-refractivity contribution in [2.75, 3.05) is 12.8 Å². The monoisotopic (exact) mass is 373 g/mol. The molecule has 0 aliphatic carbocycles.